The summed E-state index contributed by atoms with van der Waals surface area (Å²) in [7, 11) is 3.73. The molecule has 2 aliphatic rings. The Kier molecular flexibility index (Phi) is 7.52. The summed E-state index contributed by atoms with van der Waals surface area (Å²) in [6.07, 6.45) is 8.62. The van der Waals surface area contributed by atoms with E-state index in [1.54, 1.807) is 19.5 Å². The van der Waals surface area contributed by atoms with Crippen LogP contribution in [0.4, 0.5) is 0 Å². The number of rotatable bonds is 8. The van der Waals surface area contributed by atoms with Gasteiger partial charge < -0.3 is 14.4 Å². The molecule has 5 rings (SSSR count). The molecule has 0 saturated carbocycles. The Morgan fingerprint density at radius 3 is 2.39 bits per heavy atom. The molecule has 0 N–H and O–H groups in total. The number of carbonyl (C=O) groups is 1. The molecule has 1 fully saturated rings. The van der Waals surface area contributed by atoms with Gasteiger partial charge >= 0.3 is 0 Å². The topological polar surface area (TPSA) is 54.9 Å². The van der Waals surface area contributed by atoms with E-state index in [0.717, 1.165) is 55.5 Å². The van der Waals surface area contributed by atoms with Crippen molar-refractivity contribution in [2.45, 2.75) is 57.3 Å². The SMILES string of the molecule is COc1cc(CN(Cc2ccncc2)C(=O)C2CCCCN2C)ccc1OC1Cc2ccccc2C1. The van der Waals surface area contributed by atoms with Crippen LogP contribution in [0.5, 0.6) is 11.5 Å². The van der Waals surface area contributed by atoms with E-state index in [4.69, 9.17) is 9.47 Å². The fourth-order valence-corrected chi connectivity index (χ4v) is 5.43. The molecule has 1 amide bonds. The molecule has 6 nitrogen and oxygen atoms in total. The van der Waals surface area contributed by atoms with Crippen molar-refractivity contribution in [3.05, 3.63) is 89.2 Å². The lowest BCUT2D eigenvalue weighted by Gasteiger charge is -2.35. The Morgan fingerprint density at radius 1 is 0.972 bits per heavy atom. The number of benzene rings is 2. The van der Waals surface area contributed by atoms with Gasteiger partial charge in [0.25, 0.3) is 0 Å². The predicted octanol–water partition coefficient (Wildman–Crippen LogP) is 4.65. The van der Waals surface area contributed by atoms with Crippen LogP contribution in [0, 0.1) is 0 Å². The minimum Gasteiger partial charge on any atom is -0.493 e. The number of carbonyl (C=O) groups excluding carboxylic acids is 1. The van der Waals surface area contributed by atoms with Crippen molar-refractivity contribution in [1.82, 2.24) is 14.8 Å². The van der Waals surface area contributed by atoms with Gasteiger partial charge in [0.1, 0.15) is 6.10 Å². The molecule has 6 heteroatoms. The maximum absolute atomic E-state index is 13.7. The molecule has 1 atom stereocenters. The van der Waals surface area contributed by atoms with Crippen LogP contribution in [0.2, 0.25) is 0 Å². The largest absolute Gasteiger partial charge is 0.493 e. The Morgan fingerprint density at radius 2 is 1.69 bits per heavy atom. The molecule has 1 saturated heterocycles. The monoisotopic (exact) mass is 485 g/mol. The fourth-order valence-electron chi connectivity index (χ4n) is 5.43. The number of piperidine rings is 1. The van der Waals surface area contributed by atoms with E-state index in [2.05, 4.69) is 47.3 Å². The number of pyridine rings is 1. The highest BCUT2D eigenvalue weighted by atomic mass is 16.5. The first-order valence-corrected chi connectivity index (χ1v) is 12.9. The van der Waals surface area contributed by atoms with Gasteiger partial charge in [0, 0.05) is 38.3 Å². The predicted molar refractivity (Wildman–Crippen MR) is 140 cm³/mol. The van der Waals surface area contributed by atoms with E-state index in [0.29, 0.717) is 18.8 Å². The molecule has 0 radical (unpaired) electrons. The molecular formula is C30H35N3O3. The van der Waals surface area contributed by atoms with Crippen LogP contribution >= 0.6 is 0 Å². The summed E-state index contributed by atoms with van der Waals surface area (Å²) in [4.78, 5) is 22.0. The second-order valence-corrected chi connectivity index (χ2v) is 9.94. The Balaban J connectivity index is 1.33. The standard InChI is InChI=1S/C30H35N3O3/c1-32-16-6-5-9-27(32)30(34)33(20-22-12-14-31-15-13-22)21-23-10-11-28(29(17-23)35-2)36-26-18-24-7-3-4-8-25(24)19-26/h3-4,7-8,10-15,17,26-27H,5-6,9,16,18-21H2,1-2H3. The highest BCUT2D eigenvalue weighted by molar-refractivity contribution is 5.82. The number of likely N-dealkylation sites (tertiary alicyclic amines) is 1. The van der Waals surface area contributed by atoms with E-state index in [-0.39, 0.29) is 18.1 Å². The summed E-state index contributed by atoms with van der Waals surface area (Å²) in [5.41, 5.74) is 4.81. The normalized spacial score (nSPS) is 18.0. The molecular weight excluding hydrogens is 450 g/mol. The quantitative estimate of drug-likeness (QED) is 0.465. The highest BCUT2D eigenvalue weighted by Crippen LogP contribution is 2.33. The molecule has 36 heavy (non-hydrogen) atoms. The lowest BCUT2D eigenvalue weighted by atomic mass is 10.0. The third-order valence-electron chi connectivity index (χ3n) is 7.40. The number of methoxy groups -OCH3 is 1. The van der Waals surface area contributed by atoms with Crippen molar-refractivity contribution < 1.29 is 14.3 Å². The maximum Gasteiger partial charge on any atom is 0.240 e. The van der Waals surface area contributed by atoms with Crippen molar-refractivity contribution in [1.29, 1.82) is 0 Å². The molecule has 0 bridgehead atoms. The number of amides is 1. The van der Waals surface area contributed by atoms with E-state index < -0.39 is 0 Å². The van der Waals surface area contributed by atoms with Crippen molar-refractivity contribution in [3.8, 4) is 11.5 Å². The van der Waals surface area contributed by atoms with Crippen LogP contribution in [0.15, 0.2) is 67.0 Å². The second-order valence-electron chi connectivity index (χ2n) is 9.94. The van der Waals surface area contributed by atoms with Crippen LogP contribution in [-0.4, -0.2) is 53.5 Å². The van der Waals surface area contributed by atoms with Crippen molar-refractivity contribution >= 4 is 5.91 Å². The Bertz CT molecular complexity index is 1160. The molecule has 0 spiro atoms. The maximum atomic E-state index is 13.7. The number of nitrogens with zero attached hydrogens (tertiary/aromatic N) is 3. The summed E-state index contributed by atoms with van der Waals surface area (Å²) in [6, 6.07) is 18.4. The van der Waals surface area contributed by atoms with Crippen molar-refractivity contribution in [2.75, 3.05) is 20.7 Å². The zero-order valence-electron chi connectivity index (χ0n) is 21.2. The molecule has 1 aromatic heterocycles. The number of fused-ring (bicyclic) bond motifs is 1. The Labute approximate surface area is 213 Å². The third-order valence-corrected chi connectivity index (χ3v) is 7.40. The number of ether oxygens (including phenoxy) is 2. The molecule has 1 unspecified atom stereocenters. The van der Waals surface area contributed by atoms with Gasteiger partial charge in [-0.05, 0) is 73.0 Å². The lowest BCUT2D eigenvalue weighted by molar-refractivity contribution is -0.139. The van der Waals surface area contributed by atoms with Crippen molar-refractivity contribution in [3.63, 3.8) is 0 Å². The number of hydrogen-bond donors (Lipinski definition) is 0. The van der Waals surface area contributed by atoms with Crippen LogP contribution in [0.25, 0.3) is 0 Å². The van der Waals surface area contributed by atoms with E-state index >= 15 is 0 Å². The van der Waals surface area contributed by atoms with Gasteiger partial charge in [-0.3, -0.25) is 14.7 Å². The van der Waals surface area contributed by atoms with Gasteiger partial charge in [-0.25, -0.2) is 0 Å². The van der Waals surface area contributed by atoms with Gasteiger partial charge in [0.05, 0.1) is 13.2 Å². The molecule has 1 aliphatic carbocycles. The highest BCUT2D eigenvalue weighted by Gasteiger charge is 2.30. The van der Waals surface area contributed by atoms with E-state index in [9.17, 15) is 4.79 Å². The molecule has 2 heterocycles. The van der Waals surface area contributed by atoms with Gasteiger partial charge in [0.15, 0.2) is 11.5 Å². The van der Waals surface area contributed by atoms with E-state index in [1.807, 2.05) is 29.2 Å². The Hall–Kier alpha value is -3.38. The molecule has 3 aromatic rings. The first-order valence-electron chi connectivity index (χ1n) is 12.9. The van der Waals surface area contributed by atoms with Crippen LogP contribution < -0.4 is 9.47 Å². The van der Waals surface area contributed by atoms with Crippen LogP contribution in [-0.2, 0) is 30.7 Å². The van der Waals surface area contributed by atoms with Gasteiger partial charge in [0.2, 0.25) is 5.91 Å². The summed E-state index contributed by atoms with van der Waals surface area (Å²) in [6.45, 7) is 2.02. The number of aromatic nitrogens is 1. The minimum atomic E-state index is -0.0749. The summed E-state index contributed by atoms with van der Waals surface area (Å²) in [5.74, 6) is 1.63. The van der Waals surface area contributed by atoms with Gasteiger partial charge in [-0.2, -0.15) is 0 Å². The number of likely N-dealkylation sites (N-methyl/N-ethyl adjacent to an activating group) is 1. The van der Waals surface area contributed by atoms with E-state index in [1.165, 1.54) is 11.1 Å². The lowest BCUT2D eigenvalue weighted by Crippen LogP contribution is -2.48. The minimum absolute atomic E-state index is 0.0749. The molecule has 188 valence electrons. The van der Waals surface area contributed by atoms with Gasteiger partial charge in [-0.15, -0.1) is 0 Å². The van der Waals surface area contributed by atoms with Crippen LogP contribution in [0.1, 0.15) is 41.5 Å². The summed E-state index contributed by atoms with van der Waals surface area (Å²) < 4.78 is 12.1. The average molecular weight is 486 g/mol. The smallest absolute Gasteiger partial charge is 0.240 e. The zero-order chi connectivity index (χ0) is 24.9. The van der Waals surface area contributed by atoms with Gasteiger partial charge in [-0.1, -0.05) is 36.8 Å². The zero-order valence-corrected chi connectivity index (χ0v) is 21.2. The first kappa shape index (κ1) is 24.3. The third kappa shape index (κ3) is 5.54. The number of hydrogen-bond acceptors (Lipinski definition) is 5. The molecule has 2 aromatic carbocycles. The molecule has 1 aliphatic heterocycles. The van der Waals surface area contributed by atoms with Crippen LogP contribution in [0.3, 0.4) is 0 Å². The summed E-state index contributed by atoms with van der Waals surface area (Å²) in [5, 5.41) is 0. The first-order chi connectivity index (χ1) is 17.6. The summed E-state index contributed by atoms with van der Waals surface area (Å²) >= 11 is 0. The van der Waals surface area contributed by atoms with Crippen molar-refractivity contribution in [2.24, 2.45) is 0 Å². The fraction of sp³-hybridized carbons (Fsp3) is 0.400. The second kappa shape index (κ2) is 11.1. The average Bonchev–Trinajstić information content (AvgIpc) is 3.32.